The lowest BCUT2D eigenvalue weighted by Gasteiger charge is -2.41. The van der Waals surface area contributed by atoms with Gasteiger partial charge in [-0.3, -0.25) is 52.8 Å². The first-order valence-corrected chi connectivity index (χ1v) is 51.4. The van der Waals surface area contributed by atoms with Crippen molar-refractivity contribution in [3.8, 4) is 11.1 Å². The van der Waals surface area contributed by atoms with Gasteiger partial charge < -0.3 is 79.8 Å². The lowest BCUT2D eigenvalue weighted by atomic mass is 9.88. The van der Waals surface area contributed by atoms with Gasteiger partial charge in [-0.1, -0.05) is 184 Å². The summed E-state index contributed by atoms with van der Waals surface area (Å²) in [6.07, 6.45) is 5.05. The number of rotatable bonds is 57. The van der Waals surface area contributed by atoms with E-state index in [1.807, 2.05) is 181 Å². The van der Waals surface area contributed by atoms with Crippen LogP contribution in [0.2, 0.25) is 0 Å². The highest BCUT2D eigenvalue weighted by Crippen LogP contribution is 2.45. The van der Waals surface area contributed by atoms with E-state index in [4.69, 9.17) is 38.9 Å². The molecule has 9 rings (SSSR count). The molecule has 4 aromatic carbocycles. The Morgan fingerprint density at radius 3 is 1.90 bits per heavy atom. The van der Waals surface area contributed by atoms with Gasteiger partial charge >= 0.3 is 24.2 Å². The van der Waals surface area contributed by atoms with Gasteiger partial charge in [-0.15, -0.1) is 11.3 Å². The Morgan fingerprint density at radius 2 is 1.28 bits per heavy atom. The summed E-state index contributed by atoms with van der Waals surface area (Å²) in [6.45, 7) is 28.1. The van der Waals surface area contributed by atoms with Crippen LogP contribution in [0.4, 0.5) is 14.4 Å². The maximum atomic E-state index is 14.6. The number of likely N-dealkylation sites (tertiary alicyclic amines) is 1. The van der Waals surface area contributed by atoms with Crippen molar-refractivity contribution in [3.05, 3.63) is 178 Å². The second-order valence-electron chi connectivity index (χ2n) is 39.6. The molecule has 7 N–H and O–H groups in total. The zero-order chi connectivity index (χ0) is 106. The highest BCUT2D eigenvalue weighted by Gasteiger charge is 2.45. The number of Topliss-reactive ketones (excluding diaryl/α,β-unsaturated/α-hetero) is 3. The maximum absolute atomic E-state index is 14.6. The van der Waals surface area contributed by atoms with Gasteiger partial charge in [-0.2, -0.15) is 0 Å². The molecule has 12 atom stereocenters. The van der Waals surface area contributed by atoms with Gasteiger partial charge in [0.1, 0.15) is 47.3 Å². The Morgan fingerprint density at radius 1 is 0.625 bits per heavy atom. The summed E-state index contributed by atoms with van der Waals surface area (Å²) in [4.78, 5) is 188. The molecule has 144 heavy (non-hydrogen) atoms. The van der Waals surface area contributed by atoms with Crippen molar-refractivity contribution in [2.45, 2.75) is 279 Å². The topological polar surface area (TPSA) is 420 Å². The summed E-state index contributed by atoms with van der Waals surface area (Å²) < 4.78 is 42.4. The minimum atomic E-state index is -0.962. The van der Waals surface area contributed by atoms with Crippen molar-refractivity contribution >= 4 is 99.3 Å². The number of nitrogens with one attached hydrogen (secondary N) is 5. The molecule has 0 bridgehead atoms. The number of hydrogen-bond donors (Lipinski definition) is 6. The van der Waals surface area contributed by atoms with Crippen LogP contribution >= 0.6 is 11.3 Å². The number of nitrogens with two attached hydrogens (primary N) is 1. The van der Waals surface area contributed by atoms with Crippen molar-refractivity contribution in [1.82, 2.24) is 65.8 Å². The first kappa shape index (κ1) is 117. The highest BCUT2D eigenvalue weighted by atomic mass is 32.1. The summed E-state index contributed by atoms with van der Waals surface area (Å²) in [5.41, 5.74) is 13.3. The van der Waals surface area contributed by atoms with E-state index < -0.39 is 95.9 Å². The molecule has 10 amide bonds. The van der Waals surface area contributed by atoms with Crippen molar-refractivity contribution in [2.24, 2.45) is 41.2 Å². The van der Waals surface area contributed by atoms with Gasteiger partial charge in [0.2, 0.25) is 35.4 Å². The molecular formula is C109H156N14O20S. The second-order valence-corrected chi connectivity index (χ2v) is 40.5. The predicted octanol–water partition coefficient (Wildman–Crippen LogP) is 14.4. The Kier molecular flexibility index (Phi) is 47.5. The maximum Gasteiger partial charge on any atom is 0.424 e. The quantitative estimate of drug-likeness (QED) is 0.00892. The van der Waals surface area contributed by atoms with E-state index in [0.717, 1.165) is 61.5 Å². The third-order valence-electron chi connectivity index (χ3n) is 26.7. The molecule has 3 aromatic heterocycles. The van der Waals surface area contributed by atoms with Crippen molar-refractivity contribution in [2.75, 3.05) is 88.5 Å². The van der Waals surface area contributed by atoms with Gasteiger partial charge in [0.25, 0.3) is 0 Å². The molecule has 1 saturated heterocycles. The molecular weight excluding hydrogens is 1860 g/mol. The largest absolute Gasteiger partial charge is 0.460 e. The number of likely N-dealkylation sites (N-methyl/N-ethyl adjacent to an activating group) is 2. The van der Waals surface area contributed by atoms with E-state index in [2.05, 4.69) is 60.8 Å². The number of ether oxygens (including phenoxy) is 7. The minimum Gasteiger partial charge on any atom is -0.460 e. The lowest BCUT2D eigenvalue weighted by molar-refractivity contribution is -0.155. The number of fused-ring (bicyclic) bond motifs is 4. The molecule has 1 aliphatic carbocycles. The smallest absolute Gasteiger partial charge is 0.424 e. The first-order valence-electron chi connectivity index (χ1n) is 50.5. The van der Waals surface area contributed by atoms with Crippen LogP contribution in [-0.2, 0) is 107 Å². The Labute approximate surface area is 853 Å². The minimum absolute atomic E-state index is 0.0105. The molecule has 2 aliphatic rings. The standard InChI is InChI=1S/C59H82N8O12.C50H74N6O8S/c1-9-51(69)49(22-15-29-62-57(60)74)64-56(73)47(39(2)3)36-42(68)27-32-77-34-33-76-31-16-23-52(70)50(24-25-54(72)79-59(4,5)6)63-53(71)26-30-67-41(35-40-17-14-28-61-55(40)67)37-65(7)66(8)58(75)78-38-48-45-20-12-10-18-43(45)44-19-11-13-21-46(44)48;1-13-34(7)44(54(9)49(60)42(31(2)3)53-47(59)43(32(4)5)55(10)50(61)64-30-37-23-21-33(6)22-24-37)40(62-11)29-41(57)56-26-17-20-39(56)45(63-12)35(8)46(58)52-38(48-51-25-27-65-48)28-36-18-15-14-16-19-36/h10-14,17-21,28,35,39,47-50H,9,15-16,22-27,29-34,36-38H2,1-8H3,(H,63,71)(H,64,73)(H3,60,62,74);14-16,18-19,21-25,27,31-32,34-35,38-40,42-45H,13,17,20,26,28-30H2,1-12H3,(H,52,58)(H,53,59)/t47-,49-,50-;34-,35+,38-,39-,40+,42-,43-,44-,45+/m00/s1. The molecule has 0 spiro atoms. The number of thiazole rings is 1. The number of pyridine rings is 1. The van der Waals surface area contributed by atoms with Gasteiger partial charge in [0.05, 0.1) is 81.1 Å². The highest BCUT2D eigenvalue weighted by molar-refractivity contribution is 7.09. The normalized spacial score (nSPS) is 15.2. The number of methoxy groups -OCH3 is 2. The molecule has 788 valence electrons. The number of urea groups is 1. The summed E-state index contributed by atoms with van der Waals surface area (Å²) in [5.74, 6) is -5.17. The molecule has 0 unspecified atom stereocenters. The van der Waals surface area contributed by atoms with E-state index in [0.29, 0.717) is 50.7 Å². The number of aryl methyl sites for hydroxylation is 2. The monoisotopic (exact) mass is 2010 g/mol. The number of aromatic nitrogens is 3. The number of nitrogens with zero attached hydrogens (tertiary/aromatic N) is 8. The second kappa shape index (κ2) is 58.3. The van der Waals surface area contributed by atoms with Crippen LogP contribution in [0.15, 0.2) is 139 Å². The van der Waals surface area contributed by atoms with Crippen LogP contribution in [0.25, 0.3) is 22.2 Å². The van der Waals surface area contributed by atoms with Crippen molar-refractivity contribution < 1.29 is 95.5 Å². The number of benzene rings is 4. The summed E-state index contributed by atoms with van der Waals surface area (Å²) >= 11 is 1.49. The first-order chi connectivity index (χ1) is 68.6. The number of primary amides is 1. The van der Waals surface area contributed by atoms with Crippen molar-refractivity contribution in [3.63, 3.8) is 0 Å². The molecule has 4 heterocycles. The SMILES string of the molecule is CCC(=O)[C@H](CCCNC(N)=O)NC(=O)[C@@H](CC(=O)CCOCCOCCCC(=O)[C@H](CCC(=O)OC(C)(C)C)NC(=O)CCn1c(CN(C)N(C)C(=O)OCC2c3ccccc3-c3ccccc32)cc2cccnc21)C(C)C.CC[C@H](C)[C@@H]([C@@H](CC(=O)N1CCC[C@H]1[C@H](OC)[C@@H](C)C(=O)N[C@@H](Cc1ccccc1)c1nccs1)OC)N(C)C(=O)[C@@H](NC(=O)[C@H](C(C)C)N(C)C(=O)OCc1ccc(C)cc1)C(C)C. The Balaban J connectivity index is 0.000000359. The molecule has 35 heteroatoms. The van der Waals surface area contributed by atoms with E-state index in [1.54, 1.807) is 85.4 Å². The van der Waals surface area contributed by atoms with Gasteiger partial charge in [0, 0.05) is 148 Å². The summed E-state index contributed by atoms with van der Waals surface area (Å²) in [6, 6.07) is 34.2. The van der Waals surface area contributed by atoms with Crippen LogP contribution in [0.1, 0.15) is 230 Å². The zero-order valence-electron chi connectivity index (χ0n) is 87.9. The average Bonchev–Trinajstić information content (AvgIpc) is 1.61. The Bertz CT molecular complexity index is 5280. The molecule has 1 aliphatic heterocycles. The van der Waals surface area contributed by atoms with Crippen LogP contribution < -0.4 is 32.3 Å². The molecule has 0 saturated carbocycles. The molecule has 1 fully saturated rings. The number of hydrazine groups is 1. The summed E-state index contributed by atoms with van der Waals surface area (Å²) in [7, 11) is 9.78. The van der Waals surface area contributed by atoms with E-state index >= 15 is 0 Å². The lowest BCUT2D eigenvalue weighted by Crippen LogP contribution is -2.60. The number of amides is 10. The molecule has 34 nitrogen and oxygen atoms in total. The number of ketones is 3. The molecule has 0 radical (unpaired) electrons. The van der Waals surface area contributed by atoms with Gasteiger partial charge in [-0.25, -0.2) is 34.4 Å². The fourth-order valence-corrected chi connectivity index (χ4v) is 19.2. The fraction of sp³-hybridized carbons (Fsp3) is 0.569. The van der Waals surface area contributed by atoms with Crippen LogP contribution in [0, 0.1) is 42.4 Å². The Hall–Kier alpha value is -11.9. The van der Waals surface area contributed by atoms with E-state index in [9.17, 15) is 62.3 Å². The predicted molar refractivity (Wildman–Crippen MR) is 552 cm³/mol. The third-order valence-corrected chi connectivity index (χ3v) is 27.6. The average molecular weight is 2010 g/mol. The van der Waals surface area contributed by atoms with Crippen LogP contribution in [-0.4, -0.2) is 259 Å². The van der Waals surface area contributed by atoms with E-state index in [-0.39, 0.29) is 193 Å². The zero-order valence-corrected chi connectivity index (χ0v) is 88.7. The van der Waals surface area contributed by atoms with Crippen LogP contribution in [0.5, 0.6) is 0 Å². The van der Waals surface area contributed by atoms with Gasteiger partial charge in [-0.05, 0) is 148 Å². The molecule has 7 aromatic rings. The van der Waals surface area contributed by atoms with Crippen molar-refractivity contribution in [1.29, 1.82) is 0 Å². The van der Waals surface area contributed by atoms with Gasteiger partial charge in [0.15, 0.2) is 11.6 Å². The van der Waals surface area contributed by atoms with E-state index in [1.165, 1.54) is 28.3 Å². The fourth-order valence-electron chi connectivity index (χ4n) is 18.5. The van der Waals surface area contributed by atoms with Crippen LogP contribution in [0.3, 0.4) is 0 Å². The summed E-state index contributed by atoms with van der Waals surface area (Å²) in [5, 5.41) is 21.1. The number of hydrogen-bond acceptors (Lipinski definition) is 24. The third kappa shape index (κ3) is 35.2. The number of esters is 1. The number of carbonyl (C=O) groups excluding carboxylic acids is 13. The number of carbonyl (C=O) groups is 13.